The summed E-state index contributed by atoms with van der Waals surface area (Å²) in [4.78, 5) is 27.7. The van der Waals surface area contributed by atoms with Crippen molar-refractivity contribution in [2.75, 3.05) is 31.9 Å². The smallest absolute Gasteiger partial charge is 0.416 e. The number of sulfonamides is 1. The number of benzene rings is 2. The molecule has 41 heavy (non-hydrogen) atoms. The van der Waals surface area contributed by atoms with Crippen molar-refractivity contribution in [3.63, 3.8) is 0 Å². The second-order valence-corrected chi connectivity index (χ2v) is 11.4. The van der Waals surface area contributed by atoms with Crippen molar-refractivity contribution < 1.29 is 31.1 Å². The van der Waals surface area contributed by atoms with Gasteiger partial charge in [-0.25, -0.2) is 32.0 Å². The number of alkyl halides is 3. The molecule has 0 aliphatic carbocycles. The molecular formula is C26H25F3N6O5S. The van der Waals surface area contributed by atoms with Crippen LogP contribution in [0.2, 0.25) is 0 Å². The van der Waals surface area contributed by atoms with E-state index in [1.165, 1.54) is 43.1 Å². The molecule has 2 aromatic carbocycles. The molecule has 0 spiro atoms. The summed E-state index contributed by atoms with van der Waals surface area (Å²) in [7, 11) is -1.02. The topological polar surface area (TPSA) is 141 Å². The van der Waals surface area contributed by atoms with Crippen molar-refractivity contribution in [2.24, 2.45) is 0 Å². The number of likely N-dealkylation sites (N-methyl/N-ethyl adjacent to an activating group) is 1. The number of anilines is 2. The number of methoxy groups -OCH3 is 1. The number of nitriles is 1. The molecule has 0 bridgehead atoms. The van der Waals surface area contributed by atoms with E-state index < -0.39 is 39.5 Å². The Morgan fingerprint density at radius 1 is 1.24 bits per heavy atom. The largest absolute Gasteiger partial charge is 0.466 e. The molecule has 0 radical (unpaired) electrons. The number of hydrogen-bond donors (Lipinski definition) is 1. The third-order valence-corrected chi connectivity index (χ3v) is 8.12. The number of rotatable bonds is 7. The quantitative estimate of drug-likeness (QED) is 0.414. The van der Waals surface area contributed by atoms with Crippen LogP contribution in [0.5, 0.6) is 0 Å². The fourth-order valence-electron chi connectivity index (χ4n) is 4.68. The first-order chi connectivity index (χ1) is 19.2. The van der Waals surface area contributed by atoms with Gasteiger partial charge in [0, 0.05) is 25.0 Å². The number of esters is 1. The molecule has 0 unspecified atom stereocenters. The zero-order valence-electron chi connectivity index (χ0n) is 22.4. The van der Waals surface area contributed by atoms with Crippen LogP contribution in [0.25, 0.3) is 0 Å². The molecule has 1 aliphatic heterocycles. The van der Waals surface area contributed by atoms with Gasteiger partial charge in [0.1, 0.15) is 6.04 Å². The summed E-state index contributed by atoms with van der Waals surface area (Å²) >= 11 is 0. The van der Waals surface area contributed by atoms with Crippen LogP contribution >= 0.6 is 0 Å². The van der Waals surface area contributed by atoms with E-state index in [-0.39, 0.29) is 41.4 Å². The van der Waals surface area contributed by atoms with Crippen LogP contribution in [0, 0.1) is 11.3 Å². The van der Waals surface area contributed by atoms with Crippen LogP contribution in [-0.4, -0.2) is 60.4 Å². The summed E-state index contributed by atoms with van der Waals surface area (Å²) in [6.07, 6.45) is -3.50. The first-order valence-electron chi connectivity index (χ1n) is 12.1. The molecule has 0 amide bonds. The number of aromatic nitrogens is 3. The normalized spacial score (nSPS) is 15.6. The lowest BCUT2D eigenvalue weighted by atomic mass is 9.89. The van der Waals surface area contributed by atoms with Crippen LogP contribution in [-0.2, 0) is 32.2 Å². The molecule has 1 aliphatic rings. The molecule has 0 saturated carbocycles. The van der Waals surface area contributed by atoms with Gasteiger partial charge in [-0.05, 0) is 54.8 Å². The van der Waals surface area contributed by atoms with E-state index in [1.807, 2.05) is 6.07 Å². The van der Waals surface area contributed by atoms with E-state index in [1.54, 1.807) is 6.07 Å². The maximum absolute atomic E-state index is 13.5. The lowest BCUT2D eigenvalue weighted by molar-refractivity contribution is -0.138. The van der Waals surface area contributed by atoms with Gasteiger partial charge in [-0.3, -0.25) is 4.90 Å². The summed E-state index contributed by atoms with van der Waals surface area (Å²) in [6, 6.07) is 9.74. The van der Waals surface area contributed by atoms with Crippen molar-refractivity contribution in [1.82, 2.24) is 19.1 Å². The third-order valence-electron chi connectivity index (χ3n) is 6.81. The van der Waals surface area contributed by atoms with Gasteiger partial charge in [0.05, 0.1) is 36.1 Å². The second-order valence-electron chi connectivity index (χ2n) is 9.34. The van der Waals surface area contributed by atoms with Gasteiger partial charge in [-0.2, -0.15) is 18.4 Å². The third kappa shape index (κ3) is 5.61. The SMILES string of the molecule is COC(=O)C1=C(C)N(c2cccc(C(F)(F)F)c2)c2n[nH]c(=O)n2[C@@H]1c1ccc(C#N)cc1CCN(C)S(C)(=O)=O. The molecule has 0 fully saturated rings. The number of carbonyl (C=O) groups is 1. The Hall–Kier alpha value is -4.42. The Morgan fingerprint density at radius 3 is 2.56 bits per heavy atom. The van der Waals surface area contributed by atoms with E-state index in [2.05, 4.69) is 10.2 Å². The lowest BCUT2D eigenvalue weighted by Gasteiger charge is -2.36. The summed E-state index contributed by atoms with van der Waals surface area (Å²) in [5.74, 6) is -0.945. The van der Waals surface area contributed by atoms with Crippen LogP contribution in [0.15, 0.2) is 58.5 Å². The summed E-state index contributed by atoms with van der Waals surface area (Å²) in [6.45, 7) is 1.51. The van der Waals surface area contributed by atoms with Gasteiger partial charge in [0.25, 0.3) is 0 Å². The molecule has 3 aromatic rings. The highest BCUT2D eigenvalue weighted by atomic mass is 32.2. The minimum Gasteiger partial charge on any atom is -0.466 e. The van der Waals surface area contributed by atoms with Crippen LogP contribution in [0.1, 0.15) is 35.2 Å². The van der Waals surface area contributed by atoms with E-state index in [0.29, 0.717) is 11.1 Å². The number of halogens is 3. The Morgan fingerprint density at radius 2 is 1.95 bits per heavy atom. The monoisotopic (exact) mass is 590 g/mol. The Labute approximate surface area is 233 Å². The van der Waals surface area contributed by atoms with E-state index in [0.717, 1.165) is 34.4 Å². The molecular weight excluding hydrogens is 565 g/mol. The number of nitrogens with one attached hydrogen (secondary N) is 1. The molecule has 216 valence electrons. The molecule has 1 N–H and O–H groups in total. The highest BCUT2D eigenvalue weighted by Crippen LogP contribution is 2.43. The number of carbonyl (C=O) groups excluding carboxylic acids is 1. The van der Waals surface area contributed by atoms with E-state index in [9.17, 15) is 36.4 Å². The van der Waals surface area contributed by atoms with Crippen molar-refractivity contribution in [3.05, 3.63) is 86.5 Å². The van der Waals surface area contributed by atoms with Crippen LogP contribution in [0.4, 0.5) is 24.8 Å². The van der Waals surface area contributed by atoms with E-state index >= 15 is 0 Å². The fourth-order valence-corrected chi connectivity index (χ4v) is 5.10. The van der Waals surface area contributed by atoms with E-state index in [4.69, 9.17) is 4.74 Å². The van der Waals surface area contributed by atoms with Crippen molar-refractivity contribution >= 4 is 27.6 Å². The molecule has 1 aromatic heterocycles. The van der Waals surface area contributed by atoms with Crippen molar-refractivity contribution in [2.45, 2.75) is 25.6 Å². The summed E-state index contributed by atoms with van der Waals surface area (Å²) in [5, 5.41) is 15.9. The number of H-pyrrole nitrogens is 1. The van der Waals surface area contributed by atoms with Crippen molar-refractivity contribution in [1.29, 1.82) is 5.26 Å². The zero-order valence-corrected chi connectivity index (χ0v) is 23.2. The highest BCUT2D eigenvalue weighted by Gasteiger charge is 2.41. The maximum atomic E-state index is 13.5. The number of hydrogen-bond acceptors (Lipinski definition) is 8. The maximum Gasteiger partial charge on any atom is 0.416 e. The Kier molecular flexibility index (Phi) is 7.83. The Bertz CT molecular complexity index is 1750. The number of fused-ring (bicyclic) bond motifs is 1. The van der Waals surface area contributed by atoms with Gasteiger partial charge in [0.2, 0.25) is 16.0 Å². The number of aromatic amines is 1. The number of nitrogens with zero attached hydrogens (tertiary/aromatic N) is 5. The number of ether oxygens (including phenoxy) is 1. The molecule has 2 heterocycles. The molecule has 0 saturated heterocycles. The fraction of sp³-hybridized carbons (Fsp3) is 0.308. The van der Waals surface area contributed by atoms with Crippen LogP contribution in [0.3, 0.4) is 0 Å². The van der Waals surface area contributed by atoms with Gasteiger partial charge >= 0.3 is 17.8 Å². The lowest BCUT2D eigenvalue weighted by Crippen LogP contribution is -2.38. The minimum absolute atomic E-state index is 0.00717. The average Bonchev–Trinajstić information content (AvgIpc) is 3.30. The number of allylic oxidation sites excluding steroid dienone is 1. The minimum atomic E-state index is -4.65. The van der Waals surface area contributed by atoms with Gasteiger partial charge in [-0.15, -0.1) is 5.10 Å². The molecule has 15 heteroatoms. The average molecular weight is 591 g/mol. The predicted octanol–water partition coefficient (Wildman–Crippen LogP) is 3.08. The predicted molar refractivity (Wildman–Crippen MR) is 142 cm³/mol. The highest BCUT2D eigenvalue weighted by molar-refractivity contribution is 7.88. The summed E-state index contributed by atoms with van der Waals surface area (Å²) in [5.41, 5.74) is -0.540. The summed E-state index contributed by atoms with van der Waals surface area (Å²) < 4.78 is 71.9. The van der Waals surface area contributed by atoms with Gasteiger partial charge < -0.3 is 4.74 Å². The molecule has 1 atom stereocenters. The van der Waals surface area contributed by atoms with Gasteiger partial charge in [-0.1, -0.05) is 12.1 Å². The molecule has 4 rings (SSSR count). The first kappa shape index (κ1) is 29.6. The molecule has 11 nitrogen and oxygen atoms in total. The van der Waals surface area contributed by atoms with Crippen LogP contribution < -0.4 is 10.6 Å². The standard InChI is InChI=1S/C26H25F3N6O5S/c1-15-21(23(36)40-3)22(20-9-8-16(14-30)12-17(20)10-11-33(2)41(4,38)39)35-24(31-32-25(35)37)34(15)19-7-5-6-18(13-19)26(27,28)29/h5-9,12-13,22H,10-11H2,1-4H3,(H,32,37)/t22-/m1/s1. The van der Waals surface area contributed by atoms with Crippen molar-refractivity contribution in [3.8, 4) is 6.07 Å². The van der Waals surface area contributed by atoms with Gasteiger partial charge in [0.15, 0.2) is 0 Å². The Balaban J connectivity index is 1.97. The zero-order chi connectivity index (χ0) is 30.3. The first-order valence-corrected chi connectivity index (χ1v) is 13.9. The second kappa shape index (κ2) is 10.9.